The van der Waals surface area contributed by atoms with Crippen molar-refractivity contribution in [3.05, 3.63) is 11.8 Å². The van der Waals surface area contributed by atoms with Gasteiger partial charge in [-0.1, -0.05) is 13.3 Å². The summed E-state index contributed by atoms with van der Waals surface area (Å²) in [5.74, 6) is 1.13. The molecule has 0 saturated carbocycles. The van der Waals surface area contributed by atoms with Crippen molar-refractivity contribution in [3.8, 4) is 0 Å². The van der Waals surface area contributed by atoms with E-state index in [1.54, 1.807) is 13.2 Å². The van der Waals surface area contributed by atoms with Gasteiger partial charge in [0, 0.05) is 20.1 Å². The first-order valence-electron chi connectivity index (χ1n) is 6.20. The molecule has 0 bridgehead atoms. The minimum absolute atomic E-state index is 0.0224. The standard InChI is InChI=1S/C12H20N4O/c1-3-4-9-5-6-16(8-9)12(17)10-7-14-15(2)11(10)13/h7,9H,3-6,8,13H2,1-2H3. The average Bonchev–Trinajstić information content (AvgIpc) is 2.88. The normalized spacial score (nSPS) is 19.9. The number of nitrogens with zero attached hydrogens (tertiary/aromatic N) is 3. The summed E-state index contributed by atoms with van der Waals surface area (Å²) in [6.45, 7) is 3.89. The highest BCUT2D eigenvalue weighted by Gasteiger charge is 2.28. The van der Waals surface area contributed by atoms with Crippen molar-refractivity contribution in [2.75, 3.05) is 18.8 Å². The van der Waals surface area contributed by atoms with Gasteiger partial charge in [0.25, 0.3) is 5.91 Å². The van der Waals surface area contributed by atoms with Crippen LogP contribution in [-0.2, 0) is 7.05 Å². The molecule has 2 N–H and O–H groups in total. The lowest BCUT2D eigenvalue weighted by Gasteiger charge is -2.15. The second-order valence-electron chi connectivity index (χ2n) is 4.76. The molecule has 0 aromatic carbocycles. The third kappa shape index (κ3) is 2.28. The summed E-state index contributed by atoms with van der Waals surface area (Å²) < 4.78 is 1.53. The molecule has 5 nitrogen and oxygen atoms in total. The smallest absolute Gasteiger partial charge is 0.259 e. The van der Waals surface area contributed by atoms with Crippen LogP contribution in [0.4, 0.5) is 5.82 Å². The first-order chi connectivity index (χ1) is 8.13. The molecule has 2 rings (SSSR count). The molecular formula is C12H20N4O. The maximum absolute atomic E-state index is 12.2. The molecule has 1 unspecified atom stereocenters. The first kappa shape index (κ1) is 12.0. The van der Waals surface area contributed by atoms with Crippen LogP contribution < -0.4 is 5.73 Å². The molecule has 2 heterocycles. The van der Waals surface area contributed by atoms with Gasteiger partial charge >= 0.3 is 0 Å². The van der Waals surface area contributed by atoms with Gasteiger partial charge in [0.2, 0.25) is 0 Å². The number of amides is 1. The summed E-state index contributed by atoms with van der Waals surface area (Å²) in [5.41, 5.74) is 6.35. The zero-order valence-corrected chi connectivity index (χ0v) is 10.5. The van der Waals surface area contributed by atoms with Crippen LogP contribution in [0.25, 0.3) is 0 Å². The Morgan fingerprint density at radius 3 is 3.00 bits per heavy atom. The highest BCUT2D eigenvalue weighted by atomic mass is 16.2. The van der Waals surface area contributed by atoms with Crippen molar-refractivity contribution in [2.45, 2.75) is 26.2 Å². The van der Waals surface area contributed by atoms with E-state index in [0.29, 0.717) is 17.3 Å². The molecule has 17 heavy (non-hydrogen) atoms. The van der Waals surface area contributed by atoms with E-state index in [2.05, 4.69) is 12.0 Å². The third-order valence-electron chi connectivity index (χ3n) is 3.49. The predicted octanol–water partition coefficient (Wildman–Crippen LogP) is 1.26. The first-order valence-corrected chi connectivity index (χ1v) is 6.20. The minimum atomic E-state index is 0.0224. The van der Waals surface area contributed by atoms with Crippen molar-refractivity contribution in [2.24, 2.45) is 13.0 Å². The molecule has 0 aliphatic carbocycles. The molecule has 5 heteroatoms. The Morgan fingerprint density at radius 1 is 1.65 bits per heavy atom. The molecule has 1 aliphatic heterocycles. The summed E-state index contributed by atoms with van der Waals surface area (Å²) in [4.78, 5) is 14.1. The van der Waals surface area contributed by atoms with Crippen LogP contribution in [0.2, 0.25) is 0 Å². The van der Waals surface area contributed by atoms with Gasteiger partial charge in [0.15, 0.2) is 0 Å². The molecule has 1 aromatic heterocycles. The lowest BCUT2D eigenvalue weighted by atomic mass is 10.0. The van der Waals surface area contributed by atoms with E-state index in [9.17, 15) is 4.79 Å². The number of rotatable bonds is 3. The number of anilines is 1. The number of carbonyl (C=O) groups excluding carboxylic acids is 1. The Bertz CT molecular complexity index is 413. The summed E-state index contributed by atoms with van der Waals surface area (Å²) in [6.07, 6.45) is 5.05. The van der Waals surface area contributed by atoms with Crippen LogP contribution in [0.3, 0.4) is 0 Å². The summed E-state index contributed by atoms with van der Waals surface area (Å²) >= 11 is 0. The Kier molecular flexibility index (Phi) is 3.36. The van der Waals surface area contributed by atoms with Crippen molar-refractivity contribution >= 4 is 11.7 Å². The van der Waals surface area contributed by atoms with Gasteiger partial charge in [-0.25, -0.2) is 0 Å². The van der Waals surface area contributed by atoms with Gasteiger partial charge in [0.1, 0.15) is 11.4 Å². The molecular weight excluding hydrogens is 216 g/mol. The monoisotopic (exact) mass is 236 g/mol. The Labute approximate surface area is 102 Å². The lowest BCUT2D eigenvalue weighted by molar-refractivity contribution is 0.0787. The number of carbonyl (C=O) groups is 1. The van der Waals surface area contributed by atoms with Crippen LogP contribution >= 0.6 is 0 Å². The van der Waals surface area contributed by atoms with Gasteiger partial charge in [-0.2, -0.15) is 5.10 Å². The SMILES string of the molecule is CCCC1CCN(C(=O)c2cnn(C)c2N)C1. The van der Waals surface area contributed by atoms with Crippen molar-refractivity contribution in [1.82, 2.24) is 14.7 Å². The number of hydrogen-bond acceptors (Lipinski definition) is 3. The molecule has 1 aromatic rings. The summed E-state index contributed by atoms with van der Waals surface area (Å²) in [7, 11) is 1.75. The van der Waals surface area contributed by atoms with Gasteiger partial charge in [-0.3, -0.25) is 9.48 Å². The molecule has 94 valence electrons. The fraction of sp³-hybridized carbons (Fsp3) is 0.667. The van der Waals surface area contributed by atoms with E-state index >= 15 is 0 Å². The fourth-order valence-electron chi connectivity index (χ4n) is 2.44. The van der Waals surface area contributed by atoms with Crippen LogP contribution in [0.1, 0.15) is 36.5 Å². The van der Waals surface area contributed by atoms with Gasteiger partial charge in [-0.15, -0.1) is 0 Å². The molecule has 1 saturated heterocycles. The van der Waals surface area contributed by atoms with Crippen molar-refractivity contribution in [3.63, 3.8) is 0 Å². The predicted molar refractivity (Wildman–Crippen MR) is 66.5 cm³/mol. The molecule has 0 spiro atoms. The highest BCUT2D eigenvalue weighted by Crippen LogP contribution is 2.23. The Balaban J connectivity index is 2.04. The summed E-state index contributed by atoms with van der Waals surface area (Å²) in [5, 5.41) is 4.01. The molecule has 1 aliphatic rings. The van der Waals surface area contributed by atoms with E-state index in [4.69, 9.17) is 5.73 Å². The van der Waals surface area contributed by atoms with Crippen LogP contribution in [0.15, 0.2) is 6.20 Å². The number of nitrogen functional groups attached to an aromatic ring is 1. The van der Waals surface area contributed by atoms with Gasteiger partial charge in [0.05, 0.1) is 6.20 Å². The second kappa shape index (κ2) is 4.77. The van der Waals surface area contributed by atoms with Crippen LogP contribution in [-0.4, -0.2) is 33.7 Å². The molecule has 1 amide bonds. The second-order valence-corrected chi connectivity index (χ2v) is 4.76. The van der Waals surface area contributed by atoms with E-state index in [1.165, 1.54) is 17.5 Å². The van der Waals surface area contributed by atoms with Gasteiger partial charge in [-0.05, 0) is 18.8 Å². The number of hydrogen-bond donors (Lipinski definition) is 1. The number of aromatic nitrogens is 2. The molecule has 0 radical (unpaired) electrons. The third-order valence-corrected chi connectivity index (χ3v) is 3.49. The Morgan fingerprint density at radius 2 is 2.41 bits per heavy atom. The van der Waals surface area contributed by atoms with Gasteiger partial charge < -0.3 is 10.6 Å². The maximum Gasteiger partial charge on any atom is 0.259 e. The molecule has 1 atom stereocenters. The zero-order valence-electron chi connectivity index (χ0n) is 10.5. The van der Waals surface area contributed by atoms with E-state index < -0.39 is 0 Å². The fourth-order valence-corrected chi connectivity index (χ4v) is 2.44. The topological polar surface area (TPSA) is 64.2 Å². The van der Waals surface area contributed by atoms with Crippen LogP contribution in [0.5, 0.6) is 0 Å². The number of likely N-dealkylation sites (tertiary alicyclic amines) is 1. The van der Waals surface area contributed by atoms with Crippen molar-refractivity contribution in [1.29, 1.82) is 0 Å². The van der Waals surface area contributed by atoms with E-state index in [0.717, 1.165) is 19.5 Å². The minimum Gasteiger partial charge on any atom is -0.383 e. The number of nitrogens with two attached hydrogens (primary N) is 1. The highest BCUT2D eigenvalue weighted by molar-refractivity contribution is 5.98. The Hall–Kier alpha value is -1.52. The summed E-state index contributed by atoms with van der Waals surface area (Å²) in [6, 6.07) is 0. The quantitative estimate of drug-likeness (QED) is 0.859. The van der Waals surface area contributed by atoms with Crippen molar-refractivity contribution < 1.29 is 4.79 Å². The number of aryl methyl sites for hydroxylation is 1. The van der Waals surface area contributed by atoms with E-state index in [-0.39, 0.29) is 5.91 Å². The van der Waals surface area contributed by atoms with E-state index in [1.807, 2.05) is 4.90 Å². The largest absolute Gasteiger partial charge is 0.383 e. The lowest BCUT2D eigenvalue weighted by Crippen LogP contribution is -2.29. The van der Waals surface area contributed by atoms with Crippen LogP contribution in [0, 0.1) is 5.92 Å². The molecule has 1 fully saturated rings. The maximum atomic E-state index is 12.2. The zero-order chi connectivity index (χ0) is 12.4. The average molecular weight is 236 g/mol.